The van der Waals surface area contributed by atoms with E-state index in [4.69, 9.17) is 0 Å². The van der Waals surface area contributed by atoms with E-state index in [1.807, 2.05) is 6.92 Å². The fourth-order valence-corrected chi connectivity index (χ4v) is 1.31. The molecule has 5 heteroatoms. The first-order valence-corrected chi connectivity index (χ1v) is 5.68. The molecular formula is C13H16FNO3. The van der Waals surface area contributed by atoms with Gasteiger partial charge in [0.15, 0.2) is 0 Å². The monoisotopic (exact) mass is 253 g/mol. The third-order valence-electron chi connectivity index (χ3n) is 2.71. The minimum Gasteiger partial charge on any atom is -0.465 e. The van der Waals surface area contributed by atoms with Crippen molar-refractivity contribution in [3.8, 4) is 0 Å². The Hall–Kier alpha value is -1.91. The summed E-state index contributed by atoms with van der Waals surface area (Å²) in [4.78, 5) is 22.9. The van der Waals surface area contributed by atoms with Gasteiger partial charge in [0, 0.05) is 5.92 Å². The third-order valence-corrected chi connectivity index (χ3v) is 2.71. The first-order chi connectivity index (χ1) is 8.49. The number of halogens is 1. The number of hydrogen-bond acceptors (Lipinski definition) is 3. The summed E-state index contributed by atoms with van der Waals surface area (Å²) in [5, 5.41) is 2.46. The summed E-state index contributed by atoms with van der Waals surface area (Å²) in [6.07, 6.45) is 0.657. The molecule has 0 unspecified atom stereocenters. The number of ether oxygens (including phenoxy) is 1. The van der Waals surface area contributed by atoms with Gasteiger partial charge >= 0.3 is 5.97 Å². The maximum atomic E-state index is 13.5. The van der Waals surface area contributed by atoms with E-state index in [1.165, 1.54) is 19.2 Å². The SMILES string of the molecule is CC[C@@H](C)C(=O)Nc1cc(C(=O)OC)ccc1F. The van der Waals surface area contributed by atoms with Crippen molar-refractivity contribution >= 4 is 17.6 Å². The van der Waals surface area contributed by atoms with Crippen LogP contribution < -0.4 is 5.32 Å². The molecule has 1 aromatic rings. The molecule has 0 aliphatic rings. The van der Waals surface area contributed by atoms with Crippen LogP contribution in [-0.2, 0) is 9.53 Å². The molecule has 0 bridgehead atoms. The Kier molecular flexibility index (Phi) is 4.83. The average molecular weight is 253 g/mol. The fourth-order valence-electron chi connectivity index (χ4n) is 1.31. The van der Waals surface area contributed by atoms with Crippen LogP contribution in [0.2, 0.25) is 0 Å². The van der Waals surface area contributed by atoms with Crippen molar-refractivity contribution in [1.82, 2.24) is 0 Å². The van der Waals surface area contributed by atoms with Gasteiger partial charge in [-0.05, 0) is 24.6 Å². The number of carbonyl (C=O) groups excluding carboxylic acids is 2. The zero-order valence-electron chi connectivity index (χ0n) is 10.6. The molecule has 0 aromatic heterocycles. The third kappa shape index (κ3) is 3.29. The number of methoxy groups -OCH3 is 1. The minimum absolute atomic E-state index is 0.0109. The molecule has 0 aliphatic heterocycles. The maximum absolute atomic E-state index is 13.5. The van der Waals surface area contributed by atoms with Crippen LogP contribution in [0.3, 0.4) is 0 Å². The molecule has 0 heterocycles. The van der Waals surface area contributed by atoms with Crippen molar-refractivity contribution in [3.63, 3.8) is 0 Å². The molecule has 0 saturated carbocycles. The first kappa shape index (κ1) is 14.2. The van der Waals surface area contributed by atoms with E-state index >= 15 is 0 Å². The van der Waals surface area contributed by atoms with Gasteiger partial charge in [-0.15, -0.1) is 0 Å². The molecule has 1 rings (SSSR count). The van der Waals surface area contributed by atoms with Gasteiger partial charge in [0.25, 0.3) is 0 Å². The van der Waals surface area contributed by atoms with Crippen LogP contribution in [0.15, 0.2) is 18.2 Å². The molecule has 0 aliphatic carbocycles. The Labute approximate surface area is 105 Å². The molecular weight excluding hydrogens is 237 g/mol. The second kappa shape index (κ2) is 6.14. The average Bonchev–Trinajstić information content (AvgIpc) is 2.39. The van der Waals surface area contributed by atoms with E-state index in [1.54, 1.807) is 6.92 Å². The Bertz CT molecular complexity index is 460. The van der Waals surface area contributed by atoms with Crippen molar-refractivity contribution in [2.45, 2.75) is 20.3 Å². The molecule has 0 spiro atoms. The quantitative estimate of drug-likeness (QED) is 0.839. The van der Waals surface area contributed by atoms with E-state index in [2.05, 4.69) is 10.1 Å². The molecule has 0 saturated heterocycles. The number of hydrogen-bond donors (Lipinski definition) is 1. The molecule has 1 N–H and O–H groups in total. The zero-order chi connectivity index (χ0) is 13.7. The lowest BCUT2D eigenvalue weighted by atomic mass is 10.1. The Morgan fingerprint density at radius 2 is 2.11 bits per heavy atom. The van der Waals surface area contributed by atoms with E-state index in [0.717, 1.165) is 6.07 Å². The van der Waals surface area contributed by atoms with Crippen LogP contribution in [-0.4, -0.2) is 19.0 Å². The standard InChI is InChI=1S/C13H16FNO3/c1-4-8(2)12(16)15-11-7-9(13(17)18-3)5-6-10(11)14/h5-8H,4H2,1-3H3,(H,15,16)/t8-/m1/s1. The highest BCUT2D eigenvalue weighted by Crippen LogP contribution is 2.18. The summed E-state index contributed by atoms with van der Waals surface area (Å²) >= 11 is 0. The molecule has 0 fully saturated rings. The van der Waals surface area contributed by atoms with Crippen molar-refractivity contribution in [2.75, 3.05) is 12.4 Å². The second-order valence-electron chi connectivity index (χ2n) is 3.98. The van der Waals surface area contributed by atoms with Crippen molar-refractivity contribution in [1.29, 1.82) is 0 Å². The van der Waals surface area contributed by atoms with Gasteiger partial charge in [0.2, 0.25) is 5.91 Å². The molecule has 98 valence electrons. The highest BCUT2D eigenvalue weighted by molar-refractivity contribution is 5.95. The summed E-state index contributed by atoms with van der Waals surface area (Å²) in [6.45, 7) is 3.61. The lowest BCUT2D eigenvalue weighted by Gasteiger charge is -2.11. The normalized spacial score (nSPS) is 11.8. The summed E-state index contributed by atoms with van der Waals surface area (Å²) < 4.78 is 18.0. The largest absolute Gasteiger partial charge is 0.465 e. The Morgan fingerprint density at radius 3 is 2.67 bits per heavy atom. The van der Waals surface area contributed by atoms with Crippen molar-refractivity contribution < 1.29 is 18.7 Å². The number of anilines is 1. The summed E-state index contributed by atoms with van der Waals surface area (Å²) in [6, 6.07) is 3.69. The van der Waals surface area contributed by atoms with Gasteiger partial charge < -0.3 is 10.1 Å². The smallest absolute Gasteiger partial charge is 0.337 e. The summed E-state index contributed by atoms with van der Waals surface area (Å²) in [5.41, 5.74) is 0.182. The zero-order valence-corrected chi connectivity index (χ0v) is 10.6. The molecule has 18 heavy (non-hydrogen) atoms. The Morgan fingerprint density at radius 1 is 1.44 bits per heavy atom. The number of carbonyl (C=O) groups is 2. The van der Waals surface area contributed by atoms with Crippen LogP contribution in [0.1, 0.15) is 30.6 Å². The van der Waals surface area contributed by atoms with E-state index < -0.39 is 11.8 Å². The highest BCUT2D eigenvalue weighted by Gasteiger charge is 2.15. The minimum atomic E-state index is -0.584. The second-order valence-corrected chi connectivity index (χ2v) is 3.98. The van der Waals surface area contributed by atoms with Crippen LogP contribution in [0.5, 0.6) is 0 Å². The van der Waals surface area contributed by atoms with Gasteiger partial charge in [-0.25, -0.2) is 9.18 Å². The van der Waals surface area contributed by atoms with Crippen LogP contribution in [0, 0.1) is 11.7 Å². The topological polar surface area (TPSA) is 55.4 Å². The van der Waals surface area contributed by atoms with Gasteiger partial charge in [-0.3, -0.25) is 4.79 Å². The van der Waals surface area contributed by atoms with Crippen LogP contribution in [0.25, 0.3) is 0 Å². The fraction of sp³-hybridized carbons (Fsp3) is 0.385. The van der Waals surface area contributed by atoms with Gasteiger partial charge in [0.1, 0.15) is 5.82 Å². The highest BCUT2D eigenvalue weighted by atomic mass is 19.1. The van der Waals surface area contributed by atoms with Gasteiger partial charge in [-0.1, -0.05) is 13.8 Å². The number of benzene rings is 1. The predicted molar refractivity (Wildman–Crippen MR) is 65.8 cm³/mol. The number of rotatable bonds is 4. The first-order valence-electron chi connectivity index (χ1n) is 5.68. The predicted octanol–water partition coefficient (Wildman–Crippen LogP) is 2.60. The molecule has 1 amide bonds. The molecule has 1 aromatic carbocycles. The van der Waals surface area contributed by atoms with E-state index in [-0.39, 0.29) is 23.1 Å². The van der Waals surface area contributed by atoms with Crippen molar-refractivity contribution in [2.24, 2.45) is 5.92 Å². The maximum Gasteiger partial charge on any atom is 0.337 e. The Balaban J connectivity index is 2.94. The lowest BCUT2D eigenvalue weighted by Crippen LogP contribution is -2.20. The van der Waals surface area contributed by atoms with E-state index in [0.29, 0.717) is 6.42 Å². The van der Waals surface area contributed by atoms with E-state index in [9.17, 15) is 14.0 Å². The molecule has 4 nitrogen and oxygen atoms in total. The molecule has 1 atom stereocenters. The number of amides is 1. The summed E-state index contributed by atoms with van der Waals surface area (Å²) in [5.74, 6) is -1.65. The van der Waals surface area contributed by atoms with Crippen LogP contribution >= 0.6 is 0 Å². The number of nitrogens with one attached hydrogen (secondary N) is 1. The summed E-state index contributed by atoms with van der Waals surface area (Å²) in [7, 11) is 1.24. The van der Waals surface area contributed by atoms with Crippen molar-refractivity contribution in [3.05, 3.63) is 29.6 Å². The number of esters is 1. The van der Waals surface area contributed by atoms with Gasteiger partial charge in [0.05, 0.1) is 18.4 Å². The molecule has 0 radical (unpaired) electrons. The van der Waals surface area contributed by atoms with Crippen LogP contribution in [0.4, 0.5) is 10.1 Å². The van der Waals surface area contributed by atoms with Gasteiger partial charge in [-0.2, -0.15) is 0 Å². The lowest BCUT2D eigenvalue weighted by molar-refractivity contribution is -0.119.